The molecular formula is C46H69NO5. The van der Waals surface area contributed by atoms with Crippen molar-refractivity contribution < 1.29 is 24.2 Å². The molecule has 5 fully saturated rings. The Hall–Kier alpha value is -2.63. The van der Waals surface area contributed by atoms with Crippen LogP contribution in [-0.2, 0) is 25.5 Å². The molecule has 5 saturated carbocycles. The quantitative estimate of drug-likeness (QED) is 0.176. The van der Waals surface area contributed by atoms with Crippen LogP contribution in [0.5, 0.6) is 0 Å². The molecule has 2 N–H and O–H groups in total. The maximum absolute atomic E-state index is 13.7. The molecule has 6 nitrogen and oxygen atoms in total. The summed E-state index contributed by atoms with van der Waals surface area (Å²) in [6, 6.07) is 10.4. The number of allylic oxidation sites excluding steroid dienone is 1. The molecule has 1 amide bonds. The highest BCUT2D eigenvalue weighted by Gasteiger charge is 2.71. The first-order valence-corrected chi connectivity index (χ1v) is 20.7. The Bertz CT molecular complexity index is 1530. The van der Waals surface area contributed by atoms with Crippen LogP contribution in [0.1, 0.15) is 144 Å². The molecule has 0 spiro atoms. The third-order valence-electron chi connectivity index (χ3n) is 16.8. The average Bonchev–Trinajstić information content (AvgIpc) is 3.42. The maximum Gasteiger partial charge on any atom is 0.306 e. The van der Waals surface area contributed by atoms with Gasteiger partial charge < -0.3 is 15.2 Å². The summed E-state index contributed by atoms with van der Waals surface area (Å²) in [5.41, 5.74) is 2.39. The topological polar surface area (TPSA) is 92.7 Å². The van der Waals surface area contributed by atoms with E-state index in [4.69, 9.17) is 4.74 Å². The van der Waals surface area contributed by atoms with E-state index in [1.54, 1.807) is 0 Å². The molecule has 0 bridgehead atoms. The summed E-state index contributed by atoms with van der Waals surface area (Å²) < 4.78 is 6.28. The number of carboxylic acids is 1. The number of rotatable bonds is 11. The zero-order valence-corrected chi connectivity index (χ0v) is 33.7. The van der Waals surface area contributed by atoms with Crippen LogP contribution in [0.4, 0.5) is 0 Å². The number of carboxylic acid groups (broad SMARTS) is 1. The zero-order chi connectivity index (χ0) is 37.9. The molecule has 1 aromatic rings. The second-order valence-corrected chi connectivity index (χ2v) is 20.6. The minimum absolute atomic E-state index is 0.0477. The van der Waals surface area contributed by atoms with Crippen molar-refractivity contribution in [1.29, 1.82) is 0 Å². The number of nitrogens with one attached hydrogen (secondary N) is 1. The van der Waals surface area contributed by atoms with Gasteiger partial charge in [-0.25, -0.2) is 0 Å². The van der Waals surface area contributed by atoms with Crippen molar-refractivity contribution in [3.8, 4) is 0 Å². The molecule has 0 aliphatic heterocycles. The zero-order valence-electron chi connectivity index (χ0n) is 33.7. The number of amides is 1. The first-order chi connectivity index (χ1) is 24.3. The number of benzene rings is 1. The fourth-order valence-electron chi connectivity index (χ4n) is 14.2. The van der Waals surface area contributed by atoms with Crippen molar-refractivity contribution in [2.45, 2.75) is 151 Å². The van der Waals surface area contributed by atoms with Gasteiger partial charge in [-0.3, -0.25) is 14.4 Å². The third kappa shape index (κ3) is 6.69. The summed E-state index contributed by atoms with van der Waals surface area (Å²) >= 11 is 0. The second-order valence-electron chi connectivity index (χ2n) is 20.6. The minimum atomic E-state index is -0.882. The van der Waals surface area contributed by atoms with E-state index in [2.05, 4.69) is 77.7 Å². The molecule has 0 radical (unpaired) electrons. The van der Waals surface area contributed by atoms with E-state index in [1.165, 1.54) is 36.8 Å². The summed E-state index contributed by atoms with van der Waals surface area (Å²) in [4.78, 5) is 38.4. The number of esters is 1. The van der Waals surface area contributed by atoms with Crippen LogP contribution in [0.25, 0.3) is 0 Å². The first-order valence-electron chi connectivity index (χ1n) is 20.7. The van der Waals surface area contributed by atoms with E-state index in [0.717, 1.165) is 44.9 Å². The lowest BCUT2D eigenvalue weighted by molar-refractivity contribution is -0.250. The second kappa shape index (κ2) is 13.9. The molecular weight excluding hydrogens is 647 g/mol. The van der Waals surface area contributed by atoms with E-state index in [0.29, 0.717) is 42.6 Å². The van der Waals surface area contributed by atoms with Gasteiger partial charge in [-0.1, -0.05) is 91.0 Å². The predicted molar refractivity (Wildman–Crippen MR) is 207 cm³/mol. The lowest BCUT2D eigenvalue weighted by Crippen LogP contribution is -2.67. The highest BCUT2D eigenvalue weighted by molar-refractivity contribution is 5.77. The smallest absolute Gasteiger partial charge is 0.306 e. The predicted octanol–water partition coefficient (Wildman–Crippen LogP) is 10.2. The van der Waals surface area contributed by atoms with Crippen LogP contribution < -0.4 is 5.32 Å². The van der Waals surface area contributed by atoms with Crippen molar-refractivity contribution in [1.82, 2.24) is 5.32 Å². The molecule has 5 aliphatic carbocycles. The van der Waals surface area contributed by atoms with Gasteiger partial charge in [-0.2, -0.15) is 0 Å². The molecule has 288 valence electrons. The van der Waals surface area contributed by atoms with Crippen molar-refractivity contribution in [3.05, 3.63) is 48.0 Å². The molecule has 6 heteroatoms. The van der Waals surface area contributed by atoms with Gasteiger partial charge in [-0.15, -0.1) is 0 Å². The van der Waals surface area contributed by atoms with Crippen molar-refractivity contribution in [2.24, 2.45) is 62.1 Å². The maximum atomic E-state index is 13.7. The van der Waals surface area contributed by atoms with Gasteiger partial charge in [0, 0.05) is 18.4 Å². The van der Waals surface area contributed by atoms with Gasteiger partial charge in [0.1, 0.15) is 6.10 Å². The van der Waals surface area contributed by atoms with Gasteiger partial charge in [0.05, 0.1) is 12.8 Å². The molecule has 0 unspecified atom stereocenters. The van der Waals surface area contributed by atoms with Crippen LogP contribution in [0.2, 0.25) is 0 Å². The van der Waals surface area contributed by atoms with E-state index >= 15 is 0 Å². The Balaban J connectivity index is 1.19. The summed E-state index contributed by atoms with van der Waals surface area (Å²) in [5.74, 6) is 1.71. The van der Waals surface area contributed by atoms with Crippen molar-refractivity contribution in [2.75, 3.05) is 6.54 Å². The summed E-state index contributed by atoms with van der Waals surface area (Å²) in [5, 5.41) is 12.7. The first kappa shape index (κ1) is 39.1. The standard InChI is InChI=1S/C46H69NO5/c1-30(2)32-17-23-46(27-37(48)47-26-20-31-13-11-10-12-14-31)25-24-44(8)33(40(32)46)15-16-35-43(7)21-19-36(42(5,6)34(43)18-22-45(35,44)9)52-39(51)29-41(3,4)28-38(49)50/h10-14,32-36,40H,1,15-29H2,2-9H3,(H,47,48)(H,49,50)/t32-,33+,34-,35+,36-,40+,43-,44+,45+,46+/m0/s1. The van der Waals surface area contributed by atoms with Gasteiger partial charge in [-0.05, 0) is 140 Å². The van der Waals surface area contributed by atoms with Crippen LogP contribution >= 0.6 is 0 Å². The number of ether oxygens (including phenoxy) is 1. The number of hydrogen-bond donors (Lipinski definition) is 2. The average molecular weight is 716 g/mol. The highest BCUT2D eigenvalue weighted by Crippen LogP contribution is 2.78. The Morgan fingerprint density at radius 1 is 0.865 bits per heavy atom. The lowest BCUT2D eigenvalue weighted by Gasteiger charge is -2.73. The van der Waals surface area contributed by atoms with E-state index in [9.17, 15) is 19.5 Å². The number of fused-ring (bicyclic) bond motifs is 7. The van der Waals surface area contributed by atoms with Crippen molar-refractivity contribution >= 4 is 17.8 Å². The van der Waals surface area contributed by atoms with Crippen LogP contribution in [0.3, 0.4) is 0 Å². The van der Waals surface area contributed by atoms with Crippen LogP contribution in [0.15, 0.2) is 42.5 Å². The summed E-state index contributed by atoms with van der Waals surface area (Å²) in [6.45, 7) is 23.7. The molecule has 6 rings (SSSR count). The van der Waals surface area contributed by atoms with Crippen molar-refractivity contribution in [3.63, 3.8) is 0 Å². The molecule has 5 aliphatic rings. The fourth-order valence-corrected chi connectivity index (χ4v) is 14.2. The minimum Gasteiger partial charge on any atom is -0.481 e. The number of aliphatic carboxylic acids is 1. The highest BCUT2D eigenvalue weighted by atomic mass is 16.5. The van der Waals surface area contributed by atoms with E-state index in [-0.39, 0.29) is 57.9 Å². The number of carbonyl (C=O) groups excluding carboxylic acids is 2. The summed E-state index contributed by atoms with van der Waals surface area (Å²) in [6.07, 6.45) is 12.7. The Morgan fingerprint density at radius 3 is 2.25 bits per heavy atom. The van der Waals surface area contributed by atoms with Gasteiger partial charge in [0.25, 0.3) is 0 Å². The third-order valence-corrected chi connectivity index (χ3v) is 16.8. The lowest BCUT2D eigenvalue weighted by atomic mass is 9.32. The molecule has 0 aromatic heterocycles. The van der Waals surface area contributed by atoms with E-state index in [1.807, 2.05) is 19.9 Å². The Labute approximate surface area is 314 Å². The Kier molecular flexibility index (Phi) is 10.4. The SMILES string of the molecule is C=C(C)[C@@H]1CC[C@]2(CC(=O)NCCc3ccccc3)CC[C@]3(C)[C@H](CC[C@@H]4[C@@]5(C)CC[C@H](OC(=O)CC(C)(C)CC(=O)O)C(C)(C)[C@@H]5CC[C@]43C)[C@@H]12. The van der Waals surface area contributed by atoms with Crippen LogP contribution in [-0.4, -0.2) is 35.6 Å². The van der Waals surface area contributed by atoms with Gasteiger partial charge >= 0.3 is 11.9 Å². The Morgan fingerprint density at radius 2 is 1.58 bits per heavy atom. The van der Waals surface area contributed by atoms with E-state index < -0.39 is 11.4 Å². The van der Waals surface area contributed by atoms with Gasteiger partial charge in [0.2, 0.25) is 5.91 Å². The number of carbonyl (C=O) groups is 3. The molecule has 52 heavy (non-hydrogen) atoms. The summed E-state index contributed by atoms with van der Waals surface area (Å²) in [7, 11) is 0. The molecule has 1 aromatic carbocycles. The molecule has 10 atom stereocenters. The largest absolute Gasteiger partial charge is 0.481 e. The monoisotopic (exact) mass is 716 g/mol. The molecule has 0 saturated heterocycles. The van der Waals surface area contributed by atoms with Gasteiger partial charge in [0.15, 0.2) is 0 Å². The molecule has 0 heterocycles. The fraction of sp³-hybridized carbons (Fsp3) is 0.761. The normalized spacial score (nSPS) is 39.2. The number of hydrogen-bond acceptors (Lipinski definition) is 4. The van der Waals surface area contributed by atoms with Crippen LogP contribution in [0, 0.1) is 62.1 Å².